The number of rotatable bonds is 4. The van der Waals surface area contributed by atoms with Gasteiger partial charge in [0.25, 0.3) is 5.91 Å². The van der Waals surface area contributed by atoms with Gasteiger partial charge in [-0.1, -0.05) is 0 Å². The van der Waals surface area contributed by atoms with Crippen LogP contribution < -0.4 is 11.1 Å². The second kappa shape index (κ2) is 5.62. The minimum Gasteiger partial charge on any atom is -0.354 e. The van der Waals surface area contributed by atoms with Crippen LogP contribution in [0.3, 0.4) is 0 Å². The second-order valence-electron chi connectivity index (χ2n) is 4.46. The average Bonchev–Trinajstić information content (AvgIpc) is 2.87. The molecular formula is C13H17N5O. The zero-order valence-corrected chi connectivity index (χ0v) is 11.0. The van der Waals surface area contributed by atoms with E-state index < -0.39 is 0 Å². The van der Waals surface area contributed by atoms with Crippen LogP contribution in [0.5, 0.6) is 0 Å². The maximum Gasteiger partial charge on any atom is 0.271 e. The van der Waals surface area contributed by atoms with Gasteiger partial charge in [0.05, 0.1) is 11.9 Å². The molecule has 19 heavy (non-hydrogen) atoms. The lowest BCUT2D eigenvalue weighted by atomic mass is 10.1. The molecule has 0 saturated carbocycles. The average molecular weight is 259 g/mol. The lowest BCUT2D eigenvalue weighted by molar-refractivity contribution is 0.0957. The number of carbonyl (C=O) groups excluding carboxylic acids is 1. The van der Waals surface area contributed by atoms with E-state index in [-0.39, 0.29) is 11.9 Å². The van der Waals surface area contributed by atoms with E-state index in [0.29, 0.717) is 5.69 Å². The Morgan fingerprint density at radius 2 is 2.32 bits per heavy atom. The first-order valence-corrected chi connectivity index (χ1v) is 6.08. The van der Waals surface area contributed by atoms with Gasteiger partial charge >= 0.3 is 0 Å². The van der Waals surface area contributed by atoms with Crippen LogP contribution >= 0.6 is 0 Å². The fourth-order valence-corrected chi connectivity index (χ4v) is 1.80. The Morgan fingerprint density at radius 3 is 3.00 bits per heavy atom. The van der Waals surface area contributed by atoms with E-state index in [9.17, 15) is 4.79 Å². The van der Waals surface area contributed by atoms with Crippen LogP contribution in [-0.2, 0) is 6.42 Å². The van der Waals surface area contributed by atoms with Gasteiger partial charge in [-0.2, -0.15) is 5.10 Å². The summed E-state index contributed by atoms with van der Waals surface area (Å²) in [4.78, 5) is 15.6. The quantitative estimate of drug-likeness (QED) is 0.838. The third kappa shape index (κ3) is 3.17. The summed E-state index contributed by atoms with van der Waals surface area (Å²) < 4.78 is 1.63. The van der Waals surface area contributed by atoms with Crippen LogP contribution in [0.4, 0.5) is 0 Å². The molecule has 1 atom stereocenters. The van der Waals surface area contributed by atoms with Gasteiger partial charge in [-0.25, -0.2) is 4.68 Å². The molecule has 2 aromatic heterocycles. The fourth-order valence-electron chi connectivity index (χ4n) is 1.80. The van der Waals surface area contributed by atoms with Crippen molar-refractivity contribution in [2.45, 2.75) is 19.4 Å². The highest BCUT2D eigenvalue weighted by molar-refractivity contribution is 5.91. The molecule has 0 radical (unpaired) electrons. The summed E-state index contributed by atoms with van der Waals surface area (Å²) in [5.41, 5.74) is 8.01. The monoisotopic (exact) mass is 259 g/mol. The van der Waals surface area contributed by atoms with Crippen molar-refractivity contribution in [1.29, 1.82) is 0 Å². The van der Waals surface area contributed by atoms with E-state index in [1.54, 1.807) is 36.4 Å². The van der Waals surface area contributed by atoms with Crippen LogP contribution in [0.1, 0.15) is 23.0 Å². The number of hydrogen-bond acceptors (Lipinski definition) is 4. The van der Waals surface area contributed by atoms with Crippen LogP contribution in [-0.4, -0.2) is 33.8 Å². The molecular weight excluding hydrogens is 242 g/mol. The number of carbonyl (C=O) groups is 1. The molecule has 1 unspecified atom stereocenters. The van der Waals surface area contributed by atoms with E-state index in [2.05, 4.69) is 15.4 Å². The van der Waals surface area contributed by atoms with Gasteiger partial charge in [0.1, 0.15) is 0 Å². The van der Waals surface area contributed by atoms with Crippen LogP contribution in [0, 0.1) is 0 Å². The smallest absolute Gasteiger partial charge is 0.271 e. The lowest BCUT2D eigenvalue weighted by Gasteiger charge is -2.07. The van der Waals surface area contributed by atoms with Crippen LogP contribution in [0.2, 0.25) is 0 Å². The molecule has 2 aromatic rings. The molecule has 6 heteroatoms. The number of aromatic nitrogens is 3. The van der Waals surface area contributed by atoms with Crippen molar-refractivity contribution >= 4 is 5.91 Å². The summed E-state index contributed by atoms with van der Waals surface area (Å²) in [6.07, 6.45) is 5.98. The number of nitrogens with zero attached hydrogens (tertiary/aromatic N) is 3. The van der Waals surface area contributed by atoms with Crippen molar-refractivity contribution < 1.29 is 4.79 Å². The number of pyridine rings is 1. The minimum atomic E-state index is -0.210. The first-order valence-electron chi connectivity index (χ1n) is 6.08. The van der Waals surface area contributed by atoms with E-state index in [1.165, 1.54) is 0 Å². The molecule has 100 valence electrons. The van der Waals surface area contributed by atoms with Crippen molar-refractivity contribution in [1.82, 2.24) is 20.1 Å². The fraction of sp³-hybridized carbons (Fsp3) is 0.308. The standard InChI is InChI=1S/C13H17N5O/c1-9(14)5-10-6-11(8-16-7-10)18-4-3-12(17-18)13(19)15-2/h3-4,6-9H,5,14H2,1-2H3,(H,15,19). The number of amides is 1. The molecule has 0 bridgehead atoms. The Kier molecular flexibility index (Phi) is 3.91. The van der Waals surface area contributed by atoms with Gasteiger partial charge in [0, 0.05) is 25.5 Å². The predicted molar refractivity (Wildman–Crippen MR) is 72.1 cm³/mol. The molecule has 3 N–H and O–H groups in total. The highest BCUT2D eigenvalue weighted by atomic mass is 16.1. The SMILES string of the molecule is CNC(=O)c1ccn(-c2cncc(CC(C)N)c2)n1. The molecule has 0 aromatic carbocycles. The molecule has 2 rings (SSSR count). The Hall–Kier alpha value is -2.21. The number of hydrogen-bond donors (Lipinski definition) is 2. The zero-order chi connectivity index (χ0) is 13.8. The summed E-state index contributed by atoms with van der Waals surface area (Å²) in [5, 5.41) is 6.74. The lowest BCUT2D eigenvalue weighted by Crippen LogP contribution is -2.19. The molecule has 2 heterocycles. The van der Waals surface area contributed by atoms with Gasteiger partial charge in [0.2, 0.25) is 0 Å². The van der Waals surface area contributed by atoms with Crippen LogP contribution in [0.15, 0.2) is 30.7 Å². The topological polar surface area (TPSA) is 85.8 Å². The highest BCUT2D eigenvalue weighted by Gasteiger charge is 2.08. The maximum atomic E-state index is 11.5. The van der Waals surface area contributed by atoms with E-state index >= 15 is 0 Å². The molecule has 6 nitrogen and oxygen atoms in total. The second-order valence-corrected chi connectivity index (χ2v) is 4.46. The van der Waals surface area contributed by atoms with E-state index in [0.717, 1.165) is 17.7 Å². The van der Waals surface area contributed by atoms with Crippen molar-refractivity contribution in [3.8, 4) is 5.69 Å². The molecule has 1 amide bonds. The largest absolute Gasteiger partial charge is 0.354 e. The van der Waals surface area contributed by atoms with Gasteiger partial charge < -0.3 is 11.1 Å². The van der Waals surface area contributed by atoms with E-state index in [1.807, 2.05) is 13.0 Å². The van der Waals surface area contributed by atoms with Gasteiger partial charge in [-0.15, -0.1) is 0 Å². The highest BCUT2D eigenvalue weighted by Crippen LogP contribution is 2.10. The molecule has 0 spiro atoms. The zero-order valence-electron chi connectivity index (χ0n) is 11.0. The minimum absolute atomic E-state index is 0.0797. The first kappa shape index (κ1) is 13.2. The van der Waals surface area contributed by atoms with Crippen molar-refractivity contribution in [3.63, 3.8) is 0 Å². The van der Waals surface area contributed by atoms with Crippen molar-refractivity contribution in [2.24, 2.45) is 5.73 Å². The maximum absolute atomic E-state index is 11.5. The van der Waals surface area contributed by atoms with Gasteiger partial charge in [0.15, 0.2) is 5.69 Å². The predicted octanol–water partition coefficient (Wildman–Crippen LogP) is 0.517. The van der Waals surface area contributed by atoms with E-state index in [4.69, 9.17) is 5.73 Å². The Morgan fingerprint density at radius 1 is 1.53 bits per heavy atom. The third-order valence-corrected chi connectivity index (χ3v) is 2.65. The summed E-state index contributed by atoms with van der Waals surface area (Å²) >= 11 is 0. The number of nitrogens with two attached hydrogens (primary N) is 1. The molecule has 0 fully saturated rings. The normalized spacial score (nSPS) is 12.2. The third-order valence-electron chi connectivity index (χ3n) is 2.65. The summed E-state index contributed by atoms with van der Waals surface area (Å²) in [6.45, 7) is 1.95. The summed E-state index contributed by atoms with van der Waals surface area (Å²) in [7, 11) is 1.58. The van der Waals surface area contributed by atoms with Gasteiger partial charge in [-0.05, 0) is 31.0 Å². The Bertz CT molecular complexity index is 576. The summed E-state index contributed by atoms with van der Waals surface area (Å²) in [6, 6.07) is 3.71. The molecule has 0 aliphatic rings. The van der Waals surface area contributed by atoms with Crippen molar-refractivity contribution in [3.05, 3.63) is 42.0 Å². The Labute approximate surface area is 111 Å². The summed E-state index contributed by atoms with van der Waals surface area (Å²) in [5.74, 6) is -0.210. The first-order chi connectivity index (χ1) is 9.10. The van der Waals surface area contributed by atoms with Crippen LogP contribution in [0.25, 0.3) is 5.69 Å². The van der Waals surface area contributed by atoms with Gasteiger partial charge in [-0.3, -0.25) is 9.78 Å². The number of nitrogens with one attached hydrogen (secondary N) is 1. The molecule has 0 aliphatic carbocycles. The van der Waals surface area contributed by atoms with Crippen molar-refractivity contribution in [2.75, 3.05) is 7.05 Å². The molecule has 0 saturated heterocycles. The molecule has 0 aliphatic heterocycles. The Balaban J connectivity index is 2.26.